The van der Waals surface area contributed by atoms with Crippen LogP contribution in [0.2, 0.25) is 0 Å². The van der Waals surface area contributed by atoms with Gasteiger partial charge in [0.25, 0.3) is 10.0 Å². The highest BCUT2D eigenvalue weighted by Gasteiger charge is 2.14. The monoisotopic (exact) mass is 302 g/mol. The fourth-order valence-corrected chi connectivity index (χ4v) is 2.76. The number of rotatable bonds is 5. The minimum Gasteiger partial charge on any atom is -0.322 e. The van der Waals surface area contributed by atoms with Crippen LogP contribution in [0, 0.1) is 0 Å². The summed E-state index contributed by atoms with van der Waals surface area (Å²) in [5.74, 6) is -0.402. The molecule has 0 saturated carbocycles. The van der Waals surface area contributed by atoms with Gasteiger partial charge in [0.1, 0.15) is 0 Å². The summed E-state index contributed by atoms with van der Waals surface area (Å²) in [4.78, 5) is 11.3. The number of anilines is 2. The van der Waals surface area contributed by atoms with Gasteiger partial charge in [-0.2, -0.15) is 0 Å². The lowest BCUT2D eigenvalue weighted by atomic mass is 10.3. The van der Waals surface area contributed by atoms with Crippen LogP contribution in [0.3, 0.4) is 0 Å². The Labute approximate surface area is 123 Å². The van der Waals surface area contributed by atoms with E-state index >= 15 is 0 Å². The van der Waals surface area contributed by atoms with Crippen LogP contribution < -0.4 is 10.0 Å². The standard InChI is InChI=1S/C15H14N2O3S/c1-2-15(18)16-13-9-6-10-14(11-13)21(19,20)17-12-7-4-3-5-8-12/h2-11,17H,1H2,(H,16,18). The molecule has 6 heteroatoms. The number of sulfonamides is 1. The number of carbonyl (C=O) groups excluding carboxylic acids is 1. The lowest BCUT2D eigenvalue weighted by Gasteiger charge is -2.09. The van der Waals surface area contributed by atoms with Gasteiger partial charge >= 0.3 is 0 Å². The Bertz CT molecular complexity index is 755. The maximum Gasteiger partial charge on any atom is 0.261 e. The highest BCUT2D eigenvalue weighted by Crippen LogP contribution is 2.19. The Morgan fingerprint density at radius 2 is 1.67 bits per heavy atom. The van der Waals surface area contributed by atoms with Crippen molar-refractivity contribution in [2.24, 2.45) is 0 Å². The van der Waals surface area contributed by atoms with E-state index in [1.54, 1.807) is 42.5 Å². The van der Waals surface area contributed by atoms with Gasteiger partial charge in [0.05, 0.1) is 4.90 Å². The summed E-state index contributed by atoms with van der Waals surface area (Å²) in [6.07, 6.45) is 1.11. The zero-order valence-corrected chi connectivity index (χ0v) is 11.9. The second-order valence-corrected chi connectivity index (χ2v) is 5.88. The Morgan fingerprint density at radius 1 is 1.00 bits per heavy atom. The summed E-state index contributed by atoms with van der Waals surface area (Å²) in [7, 11) is -3.71. The minimum atomic E-state index is -3.71. The van der Waals surface area contributed by atoms with E-state index in [1.807, 2.05) is 0 Å². The topological polar surface area (TPSA) is 75.3 Å². The first-order valence-electron chi connectivity index (χ1n) is 6.12. The average Bonchev–Trinajstić information content (AvgIpc) is 2.48. The van der Waals surface area contributed by atoms with E-state index in [-0.39, 0.29) is 4.90 Å². The summed E-state index contributed by atoms with van der Waals surface area (Å²) < 4.78 is 27.0. The quantitative estimate of drug-likeness (QED) is 0.834. The number of benzene rings is 2. The SMILES string of the molecule is C=CC(=O)Nc1cccc(S(=O)(=O)Nc2ccccc2)c1. The first-order valence-corrected chi connectivity index (χ1v) is 7.61. The number of hydrogen-bond donors (Lipinski definition) is 2. The van der Waals surface area contributed by atoms with Crippen LogP contribution >= 0.6 is 0 Å². The largest absolute Gasteiger partial charge is 0.322 e. The van der Waals surface area contributed by atoms with E-state index in [9.17, 15) is 13.2 Å². The van der Waals surface area contributed by atoms with Crippen molar-refractivity contribution in [3.8, 4) is 0 Å². The van der Waals surface area contributed by atoms with Crippen molar-refractivity contribution in [1.29, 1.82) is 0 Å². The van der Waals surface area contributed by atoms with Crippen molar-refractivity contribution < 1.29 is 13.2 Å². The van der Waals surface area contributed by atoms with Gasteiger partial charge in [-0.15, -0.1) is 0 Å². The number of carbonyl (C=O) groups is 1. The predicted octanol–water partition coefficient (Wildman–Crippen LogP) is 2.61. The molecule has 0 aliphatic carbocycles. The number of nitrogens with one attached hydrogen (secondary N) is 2. The van der Waals surface area contributed by atoms with Gasteiger partial charge in [-0.3, -0.25) is 9.52 Å². The number of amides is 1. The number of hydrogen-bond acceptors (Lipinski definition) is 3. The molecule has 0 aliphatic rings. The van der Waals surface area contributed by atoms with Gasteiger partial charge in [-0.25, -0.2) is 8.42 Å². The molecule has 0 saturated heterocycles. The van der Waals surface area contributed by atoms with E-state index in [0.717, 1.165) is 6.08 Å². The predicted molar refractivity (Wildman–Crippen MR) is 82.5 cm³/mol. The van der Waals surface area contributed by atoms with Crippen LogP contribution in [0.15, 0.2) is 72.1 Å². The van der Waals surface area contributed by atoms with Crippen LogP contribution in [-0.4, -0.2) is 14.3 Å². The molecule has 0 aromatic heterocycles. The van der Waals surface area contributed by atoms with Crippen LogP contribution in [0.25, 0.3) is 0 Å². The van der Waals surface area contributed by atoms with E-state index in [4.69, 9.17) is 0 Å². The Morgan fingerprint density at radius 3 is 2.33 bits per heavy atom. The fraction of sp³-hybridized carbons (Fsp3) is 0. The van der Waals surface area contributed by atoms with Gasteiger partial charge in [-0.05, 0) is 36.4 Å². The number of para-hydroxylation sites is 1. The Hall–Kier alpha value is -2.60. The van der Waals surface area contributed by atoms with E-state index in [0.29, 0.717) is 11.4 Å². The first-order chi connectivity index (χ1) is 10.0. The molecule has 0 bridgehead atoms. The lowest BCUT2D eigenvalue weighted by molar-refractivity contribution is -0.111. The molecule has 0 atom stereocenters. The molecule has 2 rings (SSSR count). The minimum absolute atomic E-state index is 0.0632. The van der Waals surface area contributed by atoms with Gasteiger partial charge in [0.2, 0.25) is 5.91 Å². The summed E-state index contributed by atoms with van der Waals surface area (Å²) >= 11 is 0. The third kappa shape index (κ3) is 3.93. The third-order valence-corrected chi connectivity index (χ3v) is 4.00. The summed E-state index contributed by atoms with van der Waals surface area (Å²) in [6.45, 7) is 3.34. The molecular weight excluding hydrogens is 288 g/mol. The Kier molecular flexibility index (Phi) is 4.39. The van der Waals surface area contributed by atoms with Crippen LogP contribution in [-0.2, 0) is 14.8 Å². The maximum atomic E-state index is 12.3. The van der Waals surface area contributed by atoms with Crippen molar-refractivity contribution in [3.05, 3.63) is 67.3 Å². The fourth-order valence-electron chi connectivity index (χ4n) is 1.65. The molecule has 2 aromatic carbocycles. The molecule has 0 unspecified atom stereocenters. The zero-order chi connectivity index (χ0) is 15.3. The molecule has 0 fully saturated rings. The van der Waals surface area contributed by atoms with E-state index < -0.39 is 15.9 Å². The van der Waals surface area contributed by atoms with Gasteiger partial charge in [0, 0.05) is 11.4 Å². The Balaban J connectivity index is 2.26. The zero-order valence-electron chi connectivity index (χ0n) is 11.1. The molecule has 0 heterocycles. The molecule has 2 N–H and O–H groups in total. The van der Waals surface area contributed by atoms with Crippen molar-refractivity contribution >= 4 is 27.3 Å². The molecule has 1 amide bonds. The second kappa shape index (κ2) is 6.23. The van der Waals surface area contributed by atoms with Crippen molar-refractivity contribution in [2.75, 3.05) is 10.0 Å². The molecule has 0 spiro atoms. The molecule has 0 aliphatic heterocycles. The van der Waals surface area contributed by atoms with Crippen LogP contribution in [0.4, 0.5) is 11.4 Å². The van der Waals surface area contributed by atoms with Crippen LogP contribution in [0.1, 0.15) is 0 Å². The highest BCUT2D eigenvalue weighted by molar-refractivity contribution is 7.92. The smallest absolute Gasteiger partial charge is 0.261 e. The lowest BCUT2D eigenvalue weighted by Crippen LogP contribution is -2.14. The third-order valence-electron chi connectivity index (χ3n) is 2.62. The molecule has 2 aromatic rings. The van der Waals surface area contributed by atoms with Crippen LogP contribution in [0.5, 0.6) is 0 Å². The second-order valence-electron chi connectivity index (χ2n) is 4.19. The first kappa shape index (κ1) is 14.8. The molecule has 0 radical (unpaired) electrons. The molecule has 5 nitrogen and oxygen atoms in total. The van der Waals surface area contributed by atoms with E-state index in [1.165, 1.54) is 12.1 Å². The van der Waals surface area contributed by atoms with E-state index in [2.05, 4.69) is 16.6 Å². The summed E-state index contributed by atoms with van der Waals surface area (Å²) in [5, 5.41) is 2.52. The van der Waals surface area contributed by atoms with Gasteiger partial charge in [-0.1, -0.05) is 30.8 Å². The molecule has 108 valence electrons. The molecular formula is C15H14N2O3S. The van der Waals surface area contributed by atoms with Crippen molar-refractivity contribution in [1.82, 2.24) is 0 Å². The van der Waals surface area contributed by atoms with Gasteiger partial charge in [0.15, 0.2) is 0 Å². The normalized spacial score (nSPS) is 10.7. The van der Waals surface area contributed by atoms with Crippen molar-refractivity contribution in [2.45, 2.75) is 4.90 Å². The molecule has 21 heavy (non-hydrogen) atoms. The van der Waals surface area contributed by atoms with Gasteiger partial charge < -0.3 is 5.32 Å². The summed E-state index contributed by atoms with van der Waals surface area (Å²) in [5.41, 5.74) is 0.855. The van der Waals surface area contributed by atoms with Crippen molar-refractivity contribution in [3.63, 3.8) is 0 Å². The highest BCUT2D eigenvalue weighted by atomic mass is 32.2. The average molecular weight is 302 g/mol. The maximum absolute atomic E-state index is 12.3. The summed E-state index contributed by atoms with van der Waals surface area (Å²) in [6, 6.07) is 14.6.